The van der Waals surface area contributed by atoms with Gasteiger partial charge in [0.25, 0.3) is 5.91 Å². The Morgan fingerprint density at radius 3 is 2.44 bits per heavy atom. The standard InChI is InChI=1S/C30H29F3N4O4/c1-17-24(34-28(41-17)19-2-5-22(6-3-19)30(31,32)33)16-36-12-10-18(11-13-36)20-4-7-23-21(14-20)15-37(29(23)40)25-8-9-26(38)35-27(25)39/h2-7,14,18,25H,8-13,15-16H2,1H3,(H,35,38,39). The number of carbonyl (C=O) groups is 3. The molecule has 11 heteroatoms. The number of alkyl halides is 3. The Kier molecular flexibility index (Phi) is 6.93. The van der Waals surface area contributed by atoms with Gasteiger partial charge in [-0.1, -0.05) is 12.1 Å². The average molecular weight is 567 g/mol. The number of rotatable bonds is 5. The van der Waals surface area contributed by atoms with Crippen LogP contribution in [0.3, 0.4) is 0 Å². The number of carbonyl (C=O) groups excluding carboxylic acids is 3. The SMILES string of the molecule is Cc1oc(-c2ccc(C(F)(F)F)cc2)nc1CN1CCC(c2ccc3c(c2)CN(C2CCC(=O)NC2=O)C3=O)CC1. The molecule has 1 unspecified atom stereocenters. The molecule has 6 rings (SSSR count). The second kappa shape index (κ2) is 10.4. The average Bonchev–Trinajstić information content (AvgIpc) is 3.47. The largest absolute Gasteiger partial charge is 0.441 e. The van der Waals surface area contributed by atoms with Crippen molar-refractivity contribution in [1.29, 1.82) is 0 Å². The van der Waals surface area contributed by atoms with E-state index in [-0.39, 0.29) is 18.2 Å². The van der Waals surface area contributed by atoms with E-state index in [0.29, 0.717) is 48.2 Å². The predicted octanol–water partition coefficient (Wildman–Crippen LogP) is 4.81. The van der Waals surface area contributed by atoms with Crippen LogP contribution >= 0.6 is 0 Å². The number of hydrogen-bond acceptors (Lipinski definition) is 6. The van der Waals surface area contributed by atoms with Crippen LogP contribution in [0, 0.1) is 6.92 Å². The van der Waals surface area contributed by atoms with E-state index < -0.39 is 23.7 Å². The molecule has 0 radical (unpaired) electrons. The third-order valence-electron chi connectivity index (χ3n) is 8.33. The lowest BCUT2D eigenvalue weighted by atomic mass is 9.88. The molecule has 3 aromatic rings. The molecule has 0 bridgehead atoms. The van der Waals surface area contributed by atoms with Gasteiger partial charge in [-0.05, 0) is 86.7 Å². The number of aryl methyl sites for hydroxylation is 1. The molecule has 2 aromatic carbocycles. The number of nitrogens with zero attached hydrogens (tertiary/aromatic N) is 3. The number of oxazole rings is 1. The van der Waals surface area contributed by atoms with Gasteiger partial charge in [0.05, 0.1) is 11.3 Å². The van der Waals surface area contributed by atoms with Crippen LogP contribution in [0.15, 0.2) is 46.9 Å². The van der Waals surface area contributed by atoms with E-state index in [1.165, 1.54) is 17.7 Å². The number of benzene rings is 2. The van der Waals surface area contributed by atoms with Crippen LogP contribution in [0.4, 0.5) is 13.2 Å². The van der Waals surface area contributed by atoms with Crippen molar-refractivity contribution in [2.24, 2.45) is 0 Å². The molecule has 214 valence electrons. The van der Waals surface area contributed by atoms with Crippen LogP contribution in [0.5, 0.6) is 0 Å². The first-order chi connectivity index (χ1) is 19.6. The van der Waals surface area contributed by atoms with Gasteiger partial charge in [0, 0.05) is 30.6 Å². The van der Waals surface area contributed by atoms with Crippen molar-refractivity contribution < 1.29 is 32.0 Å². The molecule has 0 spiro atoms. The van der Waals surface area contributed by atoms with E-state index in [0.717, 1.165) is 49.3 Å². The van der Waals surface area contributed by atoms with Gasteiger partial charge in [0.2, 0.25) is 17.7 Å². The Morgan fingerprint density at radius 2 is 1.76 bits per heavy atom. The minimum Gasteiger partial charge on any atom is -0.441 e. The lowest BCUT2D eigenvalue weighted by Crippen LogP contribution is -2.52. The van der Waals surface area contributed by atoms with Gasteiger partial charge in [0.1, 0.15) is 11.8 Å². The summed E-state index contributed by atoms with van der Waals surface area (Å²) in [5.74, 6) is 0.393. The van der Waals surface area contributed by atoms with Crippen molar-refractivity contribution >= 4 is 17.7 Å². The van der Waals surface area contributed by atoms with Gasteiger partial charge in [-0.2, -0.15) is 13.2 Å². The first-order valence-electron chi connectivity index (χ1n) is 13.7. The van der Waals surface area contributed by atoms with E-state index in [1.807, 2.05) is 19.1 Å². The van der Waals surface area contributed by atoms with Gasteiger partial charge in [-0.25, -0.2) is 4.98 Å². The second-order valence-corrected chi connectivity index (χ2v) is 11.0. The van der Waals surface area contributed by atoms with Crippen molar-refractivity contribution in [1.82, 2.24) is 20.1 Å². The fourth-order valence-electron chi connectivity index (χ4n) is 5.98. The summed E-state index contributed by atoms with van der Waals surface area (Å²) in [6.07, 6.45) is -1.98. The van der Waals surface area contributed by atoms with Gasteiger partial charge in [-0.3, -0.25) is 24.6 Å². The van der Waals surface area contributed by atoms with Gasteiger partial charge < -0.3 is 9.32 Å². The summed E-state index contributed by atoms with van der Waals surface area (Å²) < 4.78 is 44.4. The molecule has 1 atom stereocenters. The quantitative estimate of drug-likeness (QED) is 0.446. The van der Waals surface area contributed by atoms with Crippen molar-refractivity contribution in [2.75, 3.05) is 13.1 Å². The number of likely N-dealkylation sites (tertiary alicyclic amines) is 1. The van der Waals surface area contributed by atoms with Gasteiger partial charge >= 0.3 is 6.18 Å². The van der Waals surface area contributed by atoms with Crippen LogP contribution < -0.4 is 5.32 Å². The fourth-order valence-corrected chi connectivity index (χ4v) is 5.98. The third-order valence-corrected chi connectivity index (χ3v) is 8.33. The molecular weight excluding hydrogens is 537 g/mol. The van der Waals surface area contributed by atoms with Gasteiger partial charge in [-0.15, -0.1) is 0 Å². The molecule has 3 amide bonds. The van der Waals surface area contributed by atoms with Crippen molar-refractivity contribution in [3.05, 3.63) is 76.2 Å². The number of piperidine rings is 2. The monoisotopic (exact) mass is 566 g/mol. The Balaban J connectivity index is 1.07. The highest BCUT2D eigenvalue weighted by Gasteiger charge is 2.39. The van der Waals surface area contributed by atoms with Crippen LogP contribution in [0.1, 0.15) is 70.1 Å². The van der Waals surface area contributed by atoms with E-state index >= 15 is 0 Å². The maximum absolute atomic E-state index is 13.0. The maximum Gasteiger partial charge on any atom is 0.416 e. The Morgan fingerprint density at radius 1 is 1.02 bits per heavy atom. The number of fused-ring (bicyclic) bond motifs is 1. The summed E-state index contributed by atoms with van der Waals surface area (Å²) in [7, 11) is 0. The first-order valence-corrected chi connectivity index (χ1v) is 13.7. The highest BCUT2D eigenvalue weighted by molar-refractivity contribution is 6.05. The maximum atomic E-state index is 13.0. The molecule has 2 fully saturated rings. The van der Waals surface area contributed by atoms with E-state index in [2.05, 4.69) is 21.3 Å². The van der Waals surface area contributed by atoms with Crippen molar-refractivity contribution in [3.63, 3.8) is 0 Å². The first kappa shape index (κ1) is 27.2. The van der Waals surface area contributed by atoms with E-state index in [9.17, 15) is 27.6 Å². The summed E-state index contributed by atoms with van der Waals surface area (Å²) >= 11 is 0. The summed E-state index contributed by atoms with van der Waals surface area (Å²) in [5, 5.41) is 2.33. The molecule has 4 heterocycles. The molecule has 1 aromatic heterocycles. The molecule has 8 nitrogen and oxygen atoms in total. The molecule has 1 N–H and O–H groups in total. The Bertz CT molecular complexity index is 1510. The molecule has 41 heavy (non-hydrogen) atoms. The van der Waals surface area contributed by atoms with E-state index in [1.54, 1.807) is 4.90 Å². The highest BCUT2D eigenvalue weighted by Crippen LogP contribution is 2.35. The number of imide groups is 1. The second-order valence-electron chi connectivity index (χ2n) is 11.0. The molecule has 2 saturated heterocycles. The number of halogens is 3. The molecular formula is C30H29F3N4O4. The zero-order valence-corrected chi connectivity index (χ0v) is 22.5. The summed E-state index contributed by atoms with van der Waals surface area (Å²) in [5.41, 5.74) is 3.24. The van der Waals surface area contributed by atoms with Crippen molar-refractivity contribution in [3.8, 4) is 11.5 Å². The molecule has 3 aliphatic heterocycles. The van der Waals surface area contributed by atoms with Crippen LogP contribution in [-0.2, 0) is 28.9 Å². The Labute approximate surface area is 234 Å². The number of nitrogens with one attached hydrogen (secondary N) is 1. The summed E-state index contributed by atoms with van der Waals surface area (Å²) in [6.45, 7) is 4.44. The van der Waals surface area contributed by atoms with Crippen LogP contribution in [-0.4, -0.2) is 51.6 Å². The zero-order valence-electron chi connectivity index (χ0n) is 22.5. The smallest absolute Gasteiger partial charge is 0.416 e. The minimum atomic E-state index is -4.39. The molecule has 0 saturated carbocycles. The highest BCUT2D eigenvalue weighted by atomic mass is 19.4. The summed E-state index contributed by atoms with van der Waals surface area (Å²) in [4.78, 5) is 45.3. The van der Waals surface area contributed by atoms with E-state index in [4.69, 9.17) is 4.42 Å². The number of amides is 3. The topological polar surface area (TPSA) is 95.8 Å². The third kappa shape index (κ3) is 5.38. The summed E-state index contributed by atoms with van der Waals surface area (Å²) in [6, 6.07) is 10.1. The number of aromatic nitrogens is 1. The molecule has 3 aliphatic rings. The normalized spacial score (nSPS) is 20.4. The Hall–Kier alpha value is -3.99. The van der Waals surface area contributed by atoms with Crippen LogP contribution in [0.25, 0.3) is 11.5 Å². The van der Waals surface area contributed by atoms with Crippen molar-refractivity contribution in [2.45, 2.75) is 63.8 Å². The lowest BCUT2D eigenvalue weighted by molar-refractivity contribution is -0.138. The minimum absolute atomic E-state index is 0.172. The number of hydrogen-bond donors (Lipinski definition) is 1. The zero-order chi connectivity index (χ0) is 28.9. The van der Waals surface area contributed by atoms with Gasteiger partial charge in [0.15, 0.2) is 0 Å². The van der Waals surface area contributed by atoms with Crippen LogP contribution in [0.2, 0.25) is 0 Å². The fraction of sp³-hybridized carbons (Fsp3) is 0.400. The lowest BCUT2D eigenvalue weighted by Gasteiger charge is -2.32. The molecule has 0 aliphatic carbocycles. The predicted molar refractivity (Wildman–Crippen MR) is 141 cm³/mol.